The van der Waals surface area contributed by atoms with Gasteiger partial charge in [-0.05, 0) is 59.2 Å². The van der Waals surface area contributed by atoms with E-state index in [2.05, 4.69) is 33.2 Å². The van der Waals surface area contributed by atoms with Gasteiger partial charge in [-0.1, -0.05) is 31.0 Å². The van der Waals surface area contributed by atoms with E-state index in [-0.39, 0.29) is 43.3 Å². The normalized spacial score (nSPS) is 15.4. The van der Waals surface area contributed by atoms with E-state index >= 15 is 0 Å². The van der Waals surface area contributed by atoms with E-state index in [4.69, 9.17) is 9.47 Å². The highest BCUT2D eigenvalue weighted by Crippen LogP contribution is 2.34. The van der Waals surface area contributed by atoms with Crippen molar-refractivity contribution in [2.75, 3.05) is 30.2 Å². The molecule has 192 valence electrons. The van der Waals surface area contributed by atoms with Gasteiger partial charge in [0.05, 0.1) is 6.54 Å². The molecule has 11 heteroatoms. The zero-order valence-corrected chi connectivity index (χ0v) is 22.6. The minimum absolute atomic E-state index is 0.121. The van der Waals surface area contributed by atoms with Crippen molar-refractivity contribution in [2.45, 2.75) is 38.3 Å². The molecule has 4 rings (SSSR count). The van der Waals surface area contributed by atoms with Crippen molar-refractivity contribution >= 4 is 56.8 Å². The fourth-order valence-electron chi connectivity index (χ4n) is 4.18. The van der Waals surface area contributed by atoms with Gasteiger partial charge in [-0.15, -0.1) is 0 Å². The van der Waals surface area contributed by atoms with Crippen LogP contribution < -0.4 is 20.1 Å². The Kier molecular flexibility index (Phi) is 9.19. The number of hydrogen-bond acceptors (Lipinski definition) is 6. The fourth-order valence-corrected chi connectivity index (χ4v) is 5.66. The highest BCUT2D eigenvalue weighted by molar-refractivity contribution is 14.1. The van der Waals surface area contributed by atoms with Crippen molar-refractivity contribution in [1.82, 2.24) is 10.2 Å². The van der Waals surface area contributed by atoms with Gasteiger partial charge < -0.3 is 25.0 Å². The summed E-state index contributed by atoms with van der Waals surface area (Å²) < 4.78 is 24.2. The Morgan fingerprint density at radius 2 is 1.75 bits per heavy atom. The third kappa shape index (κ3) is 7.42. The van der Waals surface area contributed by atoms with Crippen LogP contribution >= 0.6 is 22.6 Å². The molecule has 1 fully saturated rings. The molecule has 3 amide bonds. The second-order valence-corrected chi connectivity index (χ2v) is 11.4. The molecule has 36 heavy (non-hydrogen) atoms. The lowest BCUT2D eigenvalue weighted by Gasteiger charge is -2.24. The molecule has 2 aromatic carbocycles. The average Bonchev–Trinajstić information content (AvgIpc) is 3.51. The molecule has 0 radical (unpaired) electrons. The molecule has 0 spiro atoms. The topological polar surface area (TPSA) is 114 Å². The van der Waals surface area contributed by atoms with E-state index in [0.29, 0.717) is 17.2 Å². The van der Waals surface area contributed by atoms with Crippen LogP contribution in [0.4, 0.5) is 5.69 Å². The lowest BCUT2D eigenvalue weighted by Crippen LogP contribution is -2.44. The maximum atomic E-state index is 13.1. The van der Waals surface area contributed by atoms with Crippen LogP contribution in [-0.4, -0.2) is 57.7 Å². The summed E-state index contributed by atoms with van der Waals surface area (Å²) in [6, 6.07) is 12.7. The van der Waals surface area contributed by atoms with Crippen molar-refractivity contribution in [3.63, 3.8) is 0 Å². The van der Waals surface area contributed by atoms with Crippen molar-refractivity contribution < 1.29 is 28.1 Å². The van der Waals surface area contributed by atoms with Gasteiger partial charge in [0, 0.05) is 38.7 Å². The Hall–Kier alpha value is -2.67. The molecule has 1 unspecified atom stereocenters. The number of carbonyl (C=O) groups excluding carboxylic acids is 3. The van der Waals surface area contributed by atoms with Gasteiger partial charge in [0.1, 0.15) is 11.5 Å². The number of carbonyl (C=O) groups is 3. The van der Waals surface area contributed by atoms with E-state index in [0.717, 1.165) is 34.8 Å². The number of halogens is 1. The highest BCUT2D eigenvalue weighted by Gasteiger charge is 2.24. The minimum atomic E-state index is -1.75. The molecule has 2 N–H and O–H groups in total. The molecule has 1 heterocycles. The summed E-state index contributed by atoms with van der Waals surface area (Å²) in [7, 11) is -1.75. The van der Waals surface area contributed by atoms with Crippen LogP contribution in [0, 0.1) is 3.57 Å². The summed E-state index contributed by atoms with van der Waals surface area (Å²) in [5.74, 6) is -0.737. The molecule has 1 aliphatic heterocycles. The predicted octanol–water partition coefficient (Wildman–Crippen LogP) is 2.79. The van der Waals surface area contributed by atoms with Gasteiger partial charge in [0.25, 0.3) is 0 Å². The Morgan fingerprint density at radius 3 is 2.53 bits per heavy atom. The highest BCUT2D eigenvalue weighted by atomic mass is 127. The monoisotopic (exact) mass is 625 g/mol. The summed E-state index contributed by atoms with van der Waals surface area (Å²) in [6.07, 6.45) is 4.06. The number of nitrogens with zero attached hydrogens (tertiary/aromatic N) is 1. The van der Waals surface area contributed by atoms with Gasteiger partial charge in [-0.3, -0.25) is 18.6 Å². The molecule has 9 nitrogen and oxygen atoms in total. The van der Waals surface area contributed by atoms with E-state index in [1.54, 1.807) is 18.2 Å². The van der Waals surface area contributed by atoms with Crippen LogP contribution in [0.15, 0.2) is 42.5 Å². The second-order valence-electron chi connectivity index (χ2n) is 8.73. The van der Waals surface area contributed by atoms with E-state index in [9.17, 15) is 18.6 Å². The molecular formula is C25H28IN3O6S. The van der Waals surface area contributed by atoms with Crippen LogP contribution in [0.3, 0.4) is 0 Å². The van der Waals surface area contributed by atoms with Gasteiger partial charge in [0.2, 0.25) is 24.5 Å². The number of benzene rings is 2. The largest absolute Gasteiger partial charge is 0.454 e. The standard InChI is InChI=1S/C25H28IN3O6S/c26-20-8-4-1-5-17(20)12-29(13-23(30)27-18-6-2-3-7-18)25(32)15-36(33)14-24(31)28-19-9-10-21-22(11-19)35-16-34-21/h1,4-5,8-11,18H,2-3,6-7,12-16H2,(H,27,30)(H,28,31). The van der Waals surface area contributed by atoms with E-state index in [1.807, 2.05) is 24.3 Å². The SMILES string of the molecule is O=C(CS(=O)CC(=O)N(CC(=O)NC1CCCC1)Cc1ccccc1I)Nc1ccc2c(c1)OCO2. The molecule has 1 aliphatic carbocycles. The van der Waals surface area contributed by atoms with Crippen LogP contribution in [0.1, 0.15) is 31.2 Å². The van der Waals surface area contributed by atoms with Crippen molar-refractivity contribution in [3.8, 4) is 11.5 Å². The Labute approximate surface area is 225 Å². The van der Waals surface area contributed by atoms with Crippen molar-refractivity contribution in [3.05, 3.63) is 51.6 Å². The lowest BCUT2D eigenvalue weighted by atomic mass is 10.2. The lowest BCUT2D eigenvalue weighted by molar-refractivity contribution is -0.134. The van der Waals surface area contributed by atoms with Crippen LogP contribution in [-0.2, 0) is 31.7 Å². The molecule has 0 saturated heterocycles. The van der Waals surface area contributed by atoms with Crippen molar-refractivity contribution in [1.29, 1.82) is 0 Å². The van der Waals surface area contributed by atoms with Gasteiger partial charge in [-0.2, -0.15) is 0 Å². The average molecular weight is 625 g/mol. The van der Waals surface area contributed by atoms with E-state index < -0.39 is 22.6 Å². The first kappa shape index (κ1) is 26.4. The van der Waals surface area contributed by atoms with Gasteiger partial charge in [0.15, 0.2) is 11.5 Å². The molecule has 1 saturated carbocycles. The summed E-state index contributed by atoms with van der Waals surface area (Å²) in [4.78, 5) is 39.6. The molecule has 1 atom stereocenters. The van der Waals surface area contributed by atoms with Gasteiger partial charge >= 0.3 is 0 Å². The Morgan fingerprint density at radius 1 is 1.00 bits per heavy atom. The quantitative estimate of drug-likeness (QED) is 0.393. The first-order valence-corrected chi connectivity index (χ1v) is 14.3. The third-order valence-corrected chi connectivity index (χ3v) is 8.16. The van der Waals surface area contributed by atoms with Crippen molar-refractivity contribution in [2.24, 2.45) is 0 Å². The molecule has 2 aromatic rings. The first-order valence-electron chi connectivity index (χ1n) is 11.7. The summed E-state index contributed by atoms with van der Waals surface area (Å²) in [6.45, 7) is 0.216. The zero-order valence-electron chi connectivity index (χ0n) is 19.7. The number of amides is 3. The number of anilines is 1. The molecule has 0 aromatic heterocycles. The molecule has 0 bridgehead atoms. The fraction of sp³-hybridized carbons (Fsp3) is 0.400. The van der Waals surface area contributed by atoms with Crippen LogP contribution in [0.2, 0.25) is 0 Å². The molecule has 2 aliphatic rings. The Balaban J connectivity index is 1.34. The first-order chi connectivity index (χ1) is 17.4. The zero-order chi connectivity index (χ0) is 25.5. The summed E-state index contributed by atoms with van der Waals surface area (Å²) in [5.41, 5.74) is 1.38. The minimum Gasteiger partial charge on any atom is -0.454 e. The maximum Gasteiger partial charge on any atom is 0.239 e. The van der Waals surface area contributed by atoms with E-state index in [1.165, 1.54) is 4.90 Å². The number of rotatable bonds is 10. The third-order valence-electron chi connectivity index (χ3n) is 5.96. The number of fused-ring (bicyclic) bond motifs is 1. The smallest absolute Gasteiger partial charge is 0.239 e. The summed E-state index contributed by atoms with van der Waals surface area (Å²) in [5, 5.41) is 5.67. The second kappa shape index (κ2) is 12.5. The van der Waals surface area contributed by atoms with Crippen LogP contribution in [0.25, 0.3) is 0 Å². The number of ether oxygens (including phenoxy) is 2. The number of nitrogens with one attached hydrogen (secondary N) is 2. The predicted molar refractivity (Wildman–Crippen MR) is 144 cm³/mol. The summed E-state index contributed by atoms with van der Waals surface area (Å²) >= 11 is 2.19. The number of hydrogen-bond donors (Lipinski definition) is 2. The maximum absolute atomic E-state index is 13.1. The Bertz CT molecular complexity index is 1150. The van der Waals surface area contributed by atoms with Gasteiger partial charge in [-0.25, -0.2) is 0 Å². The molecular weight excluding hydrogens is 597 g/mol. The van der Waals surface area contributed by atoms with Crippen LogP contribution in [0.5, 0.6) is 11.5 Å².